The molecular weight excluding hydrogens is 408 g/mol. The molecule has 150 valence electrons. The zero-order valence-corrected chi connectivity index (χ0v) is 17.2. The monoisotopic (exact) mass is 428 g/mol. The fraction of sp³-hybridized carbons (Fsp3) is 0.136. The molecule has 0 saturated carbocycles. The van der Waals surface area contributed by atoms with Gasteiger partial charge in [0.25, 0.3) is 5.91 Å². The Bertz CT molecular complexity index is 1070. The van der Waals surface area contributed by atoms with E-state index in [1.807, 2.05) is 42.5 Å². The lowest BCUT2D eigenvalue weighted by molar-refractivity contribution is 0.0954. The van der Waals surface area contributed by atoms with E-state index in [2.05, 4.69) is 10.0 Å². The van der Waals surface area contributed by atoms with Gasteiger partial charge in [-0.05, 0) is 47.9 Å². The second-order valence-electron chi connectivity index (χ2n) is 6.47. The van der Waals surface area contributed by atoms with Crippen molar-refractivity contribution in [3.8, 4) is 0 Å². The first kappa shape index (κ1) is 21.0. The molecule has 0 spiro atoms. The molecule has 7 heteroatoms. The van der Waals surface area contributed by atoms with Crippen molar-refractivity contribution in [3.63, 3.8) is 0 Å². The summed E-state index contributed by atoms with van der Waals surface area (Å²) in [6, 6.07) is 22.7. The molecule has 0 aliphatic carbocycles. The smallest absolute Gasteiger partial charge is 0.251 e. The number of sulfonamides is 1. The van der Waals surface area contributed by atoms with Crippen molar-refractivity contribution in [2.45, 2.75) is 17.9 Å². The summed E-state index contributed by atoms with van der Waals surface area (Å²) in [6.45, 7) is 0.615. The summed E-state index contributed by atoms with van der Waals surface area (Å²) in [5.74, 6) is -0.320. The van der Waals surface area contributed by atoms with Crippen LogP contribution in [0.25, 0.3) is 0 Å². The number of hydrogen-bond acceptors (Lipinski definition) is 3. The third-order valence-electron chi connectivity index (χ3n) is 4.33. The van der Waals surface area contributed by atoms with Crippen molar-refractivity contribution < 1.29 is 13.2 Å². The van der Waals surface area contributed by atoms with Crippen LogP contribution in [0.3, 0.4) is 0 Å². The SMILES string of the molecule is O=C(NCCc1ccc(Cl)cc1)c1cccc(S(=O)(=O)NCc2ccccc2)c1. The average Bonchev–Trinajstić information content (AvgIpc) is 2.74. The van der Waals surface area contributed by atoms with Gasteiger partial charge >= 0.3 is 0 Å². The normalized spacial score (nSPS) is 11.2. The molecule has 0 aliphatic rings. The number of benzene rings is 3. The standard InChI is InChI=1S/C22H21ClN2O3S/c23-20-11-9-17(10-12-20)13-14-24-22(26)19-7-4-8-21(15-19)29(27,28)25-16-18-5-2-1-3-6-18/h1-12,15,25H,13-14,16H2,(H,24,26). The van der Waals surface area contributed by atoms with Crippen LogP contribution < -0.4 is 10.0 Å². The number of halogens is 1. The quantitative estimate of drug-likeness (QED) is 0.573. The maximum Gasteiger partial charge on any atom is 0.251 e. The van der Waals surface area contributed by atoms with Gasteiger partial charge in [0.15, 0.2) is 0 Å². The molecule has 0 unspecified atom stereocenters. The number of nitrogens with one attached hydrogen (secondary N) is 2. The molecule has 0 fully saturated rings. The second kappa shape index (κ2) is 9.69. The molecule has 0 aromatic heterocycles. The van der Waals surface area contributed by atoms with Gasteiger partial charge in [-0.3, -0.25) is 4.79 Å². The number of amides is 1. The summed E-state index contributed by atoms with van der Waals surface area (Å²) >= 11 is 5.86. The van der Waals surface area contributed by atoms with Crippen LogP contribution in [0.5, 0.6) is 0 Å². The molecule has 0 bridgehead atoms. The van der Waals surface area contributed by atoms with Crippen molar-refractivity contribution in [2.24, 2.45) is 0 Å². The first-order valence-electron chi connectivity index (χ1n) is 9.10. The predicted molar refractivity (Wildman–Crippen MR) is 114 cm³/mol. The van der Waals surface area contributed by atoms with Gasteiger partial charge in [0, 0.05) is 23.7 Å². The van der Waals surface area contributed by atoms with Crippen LogP contribution in [-0.2, 0) is 23.0 Å². The lowest BCUT2D eigenvalue weighted by Crippen LogP contribution is -2.27. The van der Waals surface area contributed by atoms with Gasteiger partial charge in [0.1, 0.15) is 0 Å². The van der Waals surface area contributed by atoms with E-state index < -0.39 is 10.0 Å². The number of hydrogen-bond donors (Lipinski definition) is 2. The Morgan fingerprint density at radius 3 is 2.31 bits per heavy atom. The molecule has 2 N–H and O–H groups in total. The highest BCUT2D eigenvalue weighted by atomic mass is 35.5. The summed E-state index contributed by atoms with van der Waals surface area (Å²) in [5.41, 5.74) is 2.20. The van der Waals surface area contributed by atoms with Crippen LogP contribution in [0, 0.1) is 0 Å². The molecule has 0 radical (unpaired) electrons. The minimum Gasteiger partial charge on any atom is -0.352 e. The van der Waals surface area contributed by atoms with Crippen LogP contribution in [0.1, 0.15) is 21.5 Å². The van der Waals surface area contributed by atoms with E-state index in [1.165, 1.54) is 12.1 Å². The topological polar surface area (TPSA) is 75.3 Å². The van der Waals surface area contributed by atoms with Crippen molar-refractivity contribution in [2.75, 3.05) is 6.54 Å². The first-order valence-corrected chi connectivity index (χ1v) is 11.0. The summed E-state index contributed by atoms with van der Waals surface area (Å²) in [7, 11) is -3.72. The minimum absolute atomic E-state index is 0.0544. The van der Waals surface area contributed by atoms with Crippen molar-refractivity contribution in [1.82, 2.24) is 10.0 Å². The Hall–Kier alpha value is -2.67. The Balaban J connectivity index is 1.60. The van der Waals surface area contributed by atoms with E-state index in [1.54, 1.807) is 24.3 Å². The van der Waals surface area contributed by atoms with Crippen LogP contribution in [0.15, 0.2) is 83.8 Å². The van der Waals surface area contributed by atoms with Gasteiger partial charge < -0.3 is 5.32 Å². The van der Waals surface area contributed by atoms with Gasteiger partial charge in [-0.2, -0.15) is 0 Å². The molecule has 29 heavy (non-hydrogen) atoms. The fourth-order valence-corrected chi connectivity index (χ4v) is 3.92. The van der Waals surface area contributed by atoms with Gasteiger partial charge in [0.05, 0.1) is 4.90 Å². The van der Waals surface area contributed by atoms with Crippen LogP contribution >= 0.6 is 11.6 Å². The van der Waals surface area contributed by atoms with E-state index in [0.717, 1.165) is 11.1 Å². The molecule has 0 atom stereocenters. The Kier molecular flexibility index (Phi) is 7.04. The Morgan fingerprint density at radius 1 is 0.862 bits per heavy atom. The van der Waals surface area contributed by atoms with Crippen molar-refractivity contribution in [1.29, 1.82) is 0 Å². The molecule has 3 aromatic carbocycles. The summed E-state index contributed by atoms with van der Waals surface area (Å²) in [4.78, 5) is 12.5. The van der Waals surface area contributed by atoms with E-state index in [-0.39, 0.29) is 17.3 Å². The highest BCUT2D eigenvalue weighted by molar-refractivity contribution is 7.89. The predicted octanol–water partition coefficient (Wildman–Crippen LogP) is 3.79. The minimum atomic E-state index is -3.72. The Labute approximate surface area is 175 Å². The molecule has 1 amide bonds. The Morgan fingerprint density at radius 2 is 1.59 bits per heavy atom. The van der Waals surface area contributed by atoms with Crippen LogP contribution in [-0.4, -0.2) is 20.9 Å². The van der Waals surface area contributed by atoms with Gasteiger partial charge in [-0.1, -0.05) is 60.1 Å². The average molecular weight is 429 g/mol. The summed E-state index contributed by atoms with van der Waals surface area (Å²) < 4.78 is 27.7. The van der Waals surface area contributed by atoms with E-state index in [9.17, 15) is 13.2 Å². The molecule has 3 rings (SSSR count). The molecule has 3 aromatic rings. The van der Waals surface area contributed by atoms with Crippen molar-refractivity contribution in [3.05, 3.63) is 101 Å². The highest BCUT2D eigenvalue weighted by Crippen LogP contribution is 2.13. The van der Waals surface area contributed by atoms with Gasteiger partial charge in [0.2, 0.25) is 10.0 Å². The van der Waals surface area contributed by atoms with Gasteiger partial charge in [-0.25, -0.2) is 13.1 Å². The molecule has 0 saturated heterocycles. The molecular formula is C22H21ClN2O3S. The highest BCUT2D eigenvalue weighted by Gasteiger charge is 2.16. The zero-order valence-electron chi connectivity index (χ0n) is 15.6. The number of rotatable bonds is 8. The molecule has 0 heterocycles. The maximum absolute atomic E-state index is 12.6. The summed E-state index contributed by atoms with van der Waals surface area (Å²) in [6.07, 6.45) is 0.652. The first-order chi connectivity index (χ1) is 13.9. The van der Waals surface area contributed by atoms with Crippen LogP contribution in [0.4, 0.5) is 0 Å². The van der Waals surface area contributed by atoms with Crippen LogP contribution in [0.2, 0.25) is 5.02 Å². The maximum atomic E-state index is 12.6. The second-order valence-corrected chi connectivity index (χ2v) is 8.67. The third kappa shape index (κ3) is 6.15. The number of carbonyl (C=O) groups is 1. The largest absolute Gasteiger partial charge is 0.352 e. The lowest BCUT2D eigenvalue weighted by atomic mass is 10.1. The van der Waals surface area contributed by atoms with E-state index >= 15 is 0 Å². The fourth-order valence-electron chi connectivity index (χ4n) is 2.74. The van der Waals surface area contributed by atoms with Gasteiger partial charge in [-0.15, -0.1) is 0 Å². The third-order valence-corrected chi connectivity index (χ3v) is 5.98. The zero-order chi connectivity index (χ0) is 20.7. The molecule has 0 aliphatic heterocycles. The lowest BCUT2D eigenvalue weighted by Gasteiger charge is -2.09. The van der Waals surface area contributed by atoms with E-state index in [4.69, 9.17) is 11.6 Å². The van der Waals surface area contributed by atoms with E-state index in [0.29, 0.717) is 23.6 Å². The van der Waals surface area contributed by atoms with Crippen molar-refractivity contribution >= 4 is 27.5 Å². The summed E-state index contributed by atoms with van der Waals surface area (Å²) in [5, 5.41) is 3.48. The molecule has 5 nitrogen and oxygen atoms in total. The number of carbonyl (C=O) groups excluding carboxylic acids is 1.